The maximum atomic E-state index is 13.4. The van der Waals surface area contributed by atoms with Gasteiger partial charge in [-0.1, -0.05) is 30.3 Å². The van der Waals surface area contributed by atoms with Crippen LogP contribution in [-0.2, 0) is 14.4 Å². The third kappa shape index (κ3) is 4.79. The molecule has 2 saturated heterocycles. The number of nitrogens with zero attached hydrogens (tertiary/aromatic N) is 3. The molecule has 0 spiro atoms. The van der Waals surface area contributed by atoms with Gasteiger partial charge in [-0.15, -0.1) is 16.3 Å². The zero-order valence-electron chi connectivity index (χ0n) is 18.1. The summed E-state index contributed by atoms with van der Waals surface area (Å²) in [6.07, 6.45) is 2.21. The van der Waals surface area contributed by atoms with Gasteiger partial charge in [0.15, 0.2) is 0 Å². The number of thioether (sulfide) groups is 1. The van der Waals surface area contributed by atoms with E-state index in [0.29, 0.717) is 12.2 Å². The van der Waals surface area contributed by atoms with Crippen molar-refractivity contribution in [2.45, 2.75) is 61.1 Å². The number of rotatable bonds is 6. The minimum absolute atomic E-state index is 0.0441. The topological polar surface area (TPSA) is 115 Å². The first kappa shape index (κ1) is 23.1. The van der Waals surface area contributed by atoms with Crippen molar-refractivity contribution in [2.24, 2.45) is 9.63 Å². The number of hydrogen-bond acceptors (Lipinski definition) is 8. The molecule has 2 unspecified atom stereocenters. The first-order valence-electron chi connectivity index (χ1n) is 10.8. The third-order valence-electron chi connectivity index (χ3n) is 6.08. The Hall–Kier alpha value is -2.11. The molecule has 0 bridgehead atoms. The summed E-state index contributed by atoms with van der Waals surface area (Å²) >= 11 is 2.87. The Morgan fingerprint density at radius 3 is 2.72 bits per heavy atom. The van der Waals surface area contributed by atoms with E-state index in [0.717, 1.165) is 18.4 Å². The van der Waals surface area contributed by atoms with E-state index >= 15 is 0 Å². The number of fused-ring (bicyclic) bond motifs is 1. The summed E-state index contributed by atoms with van der Waals surface area (Å²) in [4.78, 5) is 40.7. The lowest BCUT2D eigenvalue weighted by molar-refractivity contribution is -0.142. The van der Waals surface area contributed by atoms with Gasteiger partial charge in [0.2, 0.25) is 17.7 Å². The summed E-state index contributed by atoms with van der Waals surface area (Å²) in [6, 6.07) is 7.90. The molecule has 3 N–H and O–H groups in total. The number of hydrogen-bond donors (Lipinski definition) is 3. The van der Waals surface area contributed by atoms with Gasteiger partial charge in [0.05, 0.1) is 11.4 Å². The molecule has 6 atom stereocenters. The average Bonchev–Trinajstić information content (AvgIpc) is 3.41. The lowest BCUT2D eigenvalue weighted by Gasteiger charge is -2.30. The third-order valence-corrected chi connectivity index (χ3v) is 8.23. The van der Waals surface area contributed by atoms with Gasteiger partial charge in [0, 0.05) is 17.7 Å². The number of likely N-dealkylation sites (N-methyl/N-ethyl adjacent to an activating group) is 1. The van der Waals surface area contributed by atoms with Crippen molar-refractivity contribution >= 4 is 41.4 Å². The molecule has 11 heteroatoms. The van der Waals surface area contributed by atoms with Crippen LogP contribution in [0.15, 0.2) is 40.0 Å². The van der Waals surface area contributed by atoms with E-state index in [-0.39, 0.29) is 34.5 Å². The van der Waals surface area contributed by atoms with Gasteiger partial charge in [-0.25, -0.2) is 0 Å². The van der Waals surface area contributed by atoms with E-state index in [4.69, 9.17) is 0 Å². The van der Waals surface area contributed by atoms with Crippen molar-refractivity contribution in [3.05, 3.63) is 35.9 Å². The van der Waals surface area contributed by atoms with Crippen molar-refractivity contribution in [1.82, 2.24) is 20.9 Å². The molecule has 3 aliphatic rings. The Bertz CT molecular complexity index is 886. The molecule has 0 radical (unpaired) electrons. The van der Waals surface area contributed by atoms with E-state index in [2.05, 4.69) is 25.6 Å². The molecule has 172 valence electrons. The van der Waals surface area contributed by atoms with Crippen molar-refractivity contribution in [1.29, 1.82) is 0 Å². The van der Waals surface area contributed by atoms with Crippen LogP contribution in [0.1, 0.15) is 37.8 Å². The predicted molar refractivity (Wildman–Crippen MR) is 125 cm³/mol. The monoisotopic (exact) mass is 476 g/mol. The second-order valence-corrected chi connectivity index (χ2v) is 10.2. The van der Waals surface area contributed by atoms with E-state index in [9.17, 15) is 14.4 Å². The Morgan fingerprint density at radius 1 is 1.19 bits per heavy atom. The Labute approximate surface area is 196 Å². The Balaban J connectivity index is 1.45. The fraction of sp³-hybridized carbons (Fsp3) is 0.571. The molecule has 1 aromatic carbocycles. The van der Waals surface area contributed by atoms with E-state index in [1.165, 1.54) is 11.9 Å². The minimum Gasteiger partial charge on any atom is -0.343 e. The molecule has 2 fully saturated rings. The summed E-state index contributed by atoms with van der Waals surface area (Å²) in [6.45, 7) is 1.75. The zero-order valence-corrected chi connectivity index (χ0v) is 19.7. The highest BCUT2D eigenvalue weighted by Gasteiger charge is 2.46. The molecular formula is C21H28N6O3S2. The number of benzene rings is 1. The average molecular weight is 477 g/mol. The van der Waals surface area contributed by atoms with Gasteiger partial charge in [-0.05, 0) is 38.8 Å². The second-order valence-electron chi connectivity index (χ2n) is 8.14. The van der Waals surface area contributed by atoms with Crippen LogP contribution in [0, 0.1) is 0 Å². The minimum atomic E-state index is -0.611. The van der Waals surface area contributed by atoms with E-state index < -0.39 is 18.1 Å². The number of carbonyl (C=O) groups is 3. The maximum Gasteiger partial charge on any atom is 0.246 e. The van der Waals surface area contributed by atoms with Crippen molar-refractivity contribution < 1.29 is 14.4 Å². The van der Waals surface area contributed by atoms with Crippen molar-refractivity contribution in [3.63, 3.8) is 0 Å². The standard InChI is InChI=1S/C21H28N6O3S2/c1-12(22-2)18(28)23-14-9-6-10-16-27(21(14)30)15(11-31-16)19(29)24-20-17(25-26-32-20)13-7-4-3-5-8-13/h3-5,7-8,12,14-17,20,22H,6,9-11H2,1-2H3,(H,23,28)(H,24,29)/t12-,14-,15-,16+,17?,20?/m0/s1. The smallest absolute Gasteiger partial charge is 0.246 e. The molecule has 3 aliphatic heterocycles. The van der Waals surface area contributed by atoms with Crippen LogP contribution in [0.25, 0.3) is 0 Å². The fourth-order valence-electron chi connectivity index (χ4n) is 4.13. The van der Waals surface area contributed by atoms with Gasteiger partial charge in [-0.2, -0.15) is 5.11 Å². The quantitative estimate of drug-likeness (QED) is 0.540. The summed E-state index contributed by atoms with van der Waals surface area (Å²) < 4.78 is 4.07. The Morgan fingerprint density at radius 2 is 1.97 bits per heavy atom. The molecule has 3 amide bonds. The first-order chi connectivity index (χ1) is 15.5. The first-order valence-corrected chi connectivity index (χ1v) is 12.7. The highest BCUT2D eigenvalue weighted by molar-refractivity contribution is 8.00. The predicted octanol–water partition coefficient (Wildman–Crippen LogP) is 1.83. The van der Waals surface area contributed by atoms with Gasteiger partial charge in [0.1, 0.15) is 23.5 Å². The highest BCUT2D eigenvalue weighted by Crippen LogP contribution is 2.38. The molecule has 1 aromatic rings. The van der Waals surface area contributed by atoms with Crippen molar-refractivity contribution in [3.8, 4) is 0 Å². The zero-order chi connectivity index (χ0) is 22.7. The number of nitrogens with one attached hydrogen (secondary N) is 3. The van der Waals surface area contributed by atoms with Crippen LogP contribution in [0.3, 0.4) is 0 Å². The molecule has 0 aliphatic carbocycles. The molecule has 0 aromatic heterocycles. The normalized spacial score (nSPS) is 30.5. The number of carbonyl (C=O) groups excluding carboxylic acids is 3. The molecule has 9 nitrogen and oxygen atoms in total. The summed E-state index contributed by atoms with van der Waals surface area (Å²) in [5.41, 5.74) is 0.984. The van der Waals surface area contributed by atoms with Crippen LogP contribution in [-0.4, -0.2) is 64.3 Å². The van der Waals surface area contributed by atoms with Gasteiger partial charge >= 0.3 is 0 Å². The number of amides is 3. The van der Waals surface area contributed by atoms with Crippen LogP contribution >= 0.6 is 23.7 Å². The van der Waals surface area contributed by atoms with Gasteiger partial charge < -0.3 is 20.9 Å². The van der Waals surface area contributed by atoms with E-state index in [1.807, 2.05) is 30.3 Å². The largest absolute Gasteiger partial charge is 0.343 e. The molecular weight excluding hydrogens is 448 g/mol. The maximum absolute atomic E-state index is 13.4. The van der Waals surface area contributed by atoms with Crippen LogP contribution in [0.5, 0.6) is 0 Å². The van der Waals surface area contributed by atoms with Crippen LogP contribution in [0.2, 0.25) is 0 Å². The molecule has 0 saturated carbocycles. The second kappa shape index (κ2) is 10.2. The Kier molecular flexibility index (Phi) is 7.37. The molecule has 4 rings (SSSR count). The lowest BCUT2D eigenvalue weighted by atomic mass is 10.1. The SMILES string of the molecule is CN[C@@H](C)C(=O)N[C@H]1CCC[C@H]2SC[C@@H](C(=O)NC3SN=NC3c3ccccc3)N2C1=O. The van der Waals surface area contributed by atoms with Crippen molar-refractivity contribution in [2.75, 3.05) is 12.8 Å². The highest BCUT2D eigenvalue weighted by atomic mass is 32.2. The lowest BCUT2D eigenvalue weighted by Crippen LogP contribution is -2.57. The molecule has 3 heterocycles. The summed E-state index contributed by atoms with van der Waals surface area (Å²) in [5, 5.41) is 12.7. The molecule has 32 heavy (non-hydrogen) atoms. The van der Waals surface area contributed by atoms with Crippen LogP contribution < -0.4 is 16.0 Å². The van der Waals surface area contributed by atoms with Gasteiger partial charge in [0.25, 0.3) is 0 Å². The van der Waals surface area contributed by atoms with Gasteiger partial charge in [-0.3, -0.25) is 14.4 Å². The summed E-state index contributed by atoms with van der Waals surface area (Å²) in [7, 11) is 1.70. The summed E-state index contributed by atoms with van der Waals surface area (Å²) in [5.74, 6) is -0.0530. The fourth-order valence-corrected chi connectivity index (χ4v) is 6.34. The van der Waals surface area contributed by atoms with E-state index in [1.54, 1.807) is 30.6 Å². The van der Waals surface area contributed by atoms with Crippen LogP contribution in [0.4, 0.5) is 0 Å².